The number of nitro groups is 1. The maximum absolute atomic E-state index is 13.7. The quantitative estimate of drug-likeness (QED) is 0.386. The minimum atomic E-state index is -0.832. The van der Waals surface area contributed by atoms with Crippen molar-refractivity contribution in [2.24, 2.45) is 0 Å². The lowest BCUT2D eigenvalue weighted by Gasteiger charge is -2.08. The first kappa shape index (κ1) is 19.8. The van der Waals surface area contributed by atoms with Crippen molar-refractivity contribution < 1.29 is 18.5 Å². The number of benzene rings is 2. The predicted molar refractivity (Wildman–Crippen MR) is 105 cm³/mol. The van der Waals surface area contributed by atoms with Crippen LogP contribution in [0.15, 0.2) is 59.8 Å². The largest absolute Gasteiger partial charge is 0.322 e. The first-order valence-corrected chi connectivity index (χ1v) is 8.77. The van der Waals surface area contributed by atoms with Crippen LogP contribution in [0.1, 0.15) is 0 Å². The highest BCUT2D eigenvalue weighted by molar-refractivity contribution is 5.90. The van der Waals surface area contributed by atoms with Gasteiger partial charge in [0.25, 0.3) is 11.2 Å². The summed E-state index contributed by atoms with van der Waals surface area (Å²) in [5.74, 6) is -2.35. The Bertz CT molecular complexity index is 1400. The van der Waals surface area contributed by atoms with Gasteiger partial charge >= 0.3 is 0 Å². The second-order valence-corrected chi connectivity index (χ2v) is 6.39. The van der Waals surface area contributed by atoms with Gasteiger partial charge in [-0.25, -0.2) is 18.4 Å². The Balaban J connectivity index is 1.66. The lowest BCUT2D eigenvalue weighted by molar-refractivity contribution is -0.384. The number of para-hydroxylation sites is 2. The van der Waals surface area contributed by atoms with E-state index in [1.165, 1.54) is 24.4 Å². The fourth-order valence-electron chi connectivity index (χ4n) is 2.97. The molecule has 0 saturated heterocycles. The Morgan fingerprint density at radius 2 is 1.97 bits per heavy atom. The van der Waals surface area contributed by atoms with Crippen LogP contribution in [-0.4, -0.2) is 30.2 Å². The Morgan fingerprint density at radius 3 is 2.74 bits per heavy atom. The van der Waals surface area contributed by atoms with Crippen LogP contribution in [0.4, 0.5) is 20.2 Å². The normalized spacial score (nSPS) is 10.9. The molecule has 0 spiro atoms. The fraction of sp³-hybridized carbons (Fsp3) is 0.0526. The summed E-state index contributed by atoms with van der Waals surface area (Å²) in [6.45, 7) is -0.519. The maximum atomic E-state index is 13.7. The highest BCUT2D eigenvalue weighted by Gasteiger charge is 2.19. The van der Waals surface area contributed by atoms with Gasteiger partial charge in [0.05, 0.1) is 16.8 Å². The van der Waals surface area contributed by atoms with E-state index in [0.29, 0.717) is 0 Å². The average Bonchev–Trinajstić information content (AvgIpc) is 3.17. The van der Waals surface area contributed by atoms with Crippen molar-refractivity contribution >= 4 is 28.3 Å². The smallest absolute Gasteiger partial charge is 0.294 e. The van der Waals surface area contributed by atoms with E-state index >= 15 is 0 Å². The van der Waals surface area contributed by atoms with Gasteiger partial charge in [0.15, 0.2) is 5.65 Å². The molecule has 1 N–H and O–H groups in total. The summed E-state index contributed by atoms with van der Waals surface area (Å²) < 4.78 is 29.1. The molecule has 0 saturated carbocycles. The summed E-state index contributed by atoms with van der Waals surface area (Å²) in [7, 11) is 0. The first-order chi connectivity index (χ1) is 14.8. The summed E-state index contributed by atoms with van der Waals surface area (Å²) in [4.78, 5) is 39.7. The molecule has 0 unspecified atom stereocenters. The van der Waals surface area contributed by atoms with E-state index < -0.39 is 34.6 Å². The number of carbonyl (C=O) groups excluding carboxylic acids is 1. The molecule has 2 heterocycles. The molecule has 0 radical (unpaired) electrons. The maximum Gasteiger partial charge on any atom is 0.294 e. The molecule has 4 aromatic rings. The molecule has 0 fully saturated rings. The van der Waals surface area contributed by atoms with Gasteiger partial charge in [0.2, 0.25) is 5.91 Å². The number of fused-ring (bicyclic) bond motifs is 1. The number of hydrogen-bond acceptors (Lipinski definition) is 6. The van der Waals surface area contributed by atoms with E-state index in [4.69, 9.17) is 0 Å². The Morgan fingerprint density at radius 1 is 1.19 bits per heavy atom. The number of hydrogen-bond donors (Lipinski definition) is 1. The van der Waals surface area contributed by atoms with Gasteiger partial charge < -0.3 is 5.32 Å². The Hall–Kier alpha value is -4.48. The predicted octanol–water partition coefficient (Wildman–Crippen LogP) is 2.41. The van der Waals surface area contributed by atoms with Crippen LogP contribution in [0.5, 0.6) is 0 Å². The number of nitrogens with one attached hydrogen (secondary N) is 1. The highest BCUT2D eigenvalue weighted by atomic mass is 19.1. The van der Waals surface area contributed by atoms with Gasteiger partial charge in [-0.3, -0.25) is 24.3 Å². The zero-order chi connectivity index (χ0) is 22.1. The number of nitro benzene ring substituents is 1. The molecular formula is C19H12F2N6O4. The molecule has 156 valence electrons. The molecule has 2 aromatic heterocycles. The van der Waals surface area contributed by atoms with Crippen molar-refractivity contribution in [1.29, 1.82) is 0 Å². The van der Waals surface area contributed by atoms with Crippen molar-refractivity contribution in [3.63, 3.8) is 0 Å². The third-order valence-corrected chi connectivity index (χ3v) is 4.38. The number of halogens is 2. The molecule has 0 aliphatic rings. The summed E-state index contributed by atoms with van der Waals surface area (Å²) in [5, 5.41) is 17.5. The monoisotopic (exact) mass is 426 g/mol. The van der Waals surface area contributed by atoms with E-state index in [1.54, 1.807) is 6.07 Å². The molecule has 31 heavy (non-hydrogen) atoms. The molecule has 10 nitrogen and oxygen atoms in total. The molecule has 2 aromatic carbocycles. The highest BCUT2D eigenvalue weighted by Crippen LogP contribution is 2.24. The zero-order valence-electron chi connectivity index (χ0n) is 15.5. The molecule has 4 rings (SSSR count). The number of rotatable bonds is 5. The molecule has 0 aliphatic carbocycles. The number of amides is 1. The number of aromatic nitrogens is 4. The zero-order valence-corrected chi connectivity index (χ0v) is 15.5. The second-order valence-electron chi connectivity index (χ2n) is 6.39. The third-order valence-electron chi connectivity index (χ3n) is 4.38. The SMILES string of the molecule is O=C(Cn1cnc2c(cnn2-c2ccccc2[N+](=O)[O-])c1=O)Nc1cc(F)ccc1F. The number of anilines is 1. The second kappa shape index (κ2) is 7.74. The van der Waals surface area contributed by atoms with Crippen molar-refractivity contribution in [3.8, 4) is 5.69 Å². The van der Waals surface area contributed by atoms with Crippen LogP contribution in [0.3, 0.4) is 0 Å². The topological polar surface area (TPSA) is 125 Å². The molecular weight excluding hydrogens is 414 g/mol. The van der Waals surface area contributed by atoms with Crippen molar-refractivity contribution in [2.45, 2.75) is 6.54 Å². The minimum absolute atomic E-state index is 0.0189. The average molecular weight is 426 g/mol. The van der Waals surface area contributed by atoms with E-state index in [2.05, 4.69) is 15.4 Å². The van der Waals surface area contributed by atoms with Crippen LogP contribution in [0.25, 0.3) is 16.7 Å². The van der Waals surface area contributed by atoms with Crippen LogP contribution in [0, 0.1) is 21.7 Å². The van der Waals surface area contributed by atoms with Crippen LogP contribution in [-0.2, 0) is 11.3 Å². The van der Waals surface area contributed by atoms with Crippen LogP contribution >= 0.6 is 0 Å². The van der Waals surface area contributed by atoms with E-state index in [-0.39, 0.29) is 28.1 Å². The van der Waals surface area contributed by atoms with Gasteiger partial charge in [-0.2, -0.15) is 5.10 Å². The molecule has 0 aliphatic heterocycles. The van der Waals surface area contributed by atoms with Crippen molar-refractivity contribution in [2.75, 3.05) is 5.32 Å². The summed E-state index contributed by atoms with van der Waals surface area (Å²) in [5.41, 5.74) is -1.05. The first-order valence-electron chi connectivity index (χ1n) is 8.77. The molecule has 1 amide bonds. The minimum Gasteiger partial charge on any atom is -0.322 e. The summed E-state index contributed by atoms with van der Waals surface area (Å²) in [6.07, 6.45) is 2.25. The fourth-order valence-corrected chi connectivity index (χ4v) is 2.97. The Labute approximate surface area is 171 Å². The molecule has 12 heteroatoms. The standard InChI is InChI=1S/C19H12F2N6O4/c20-11-5-6-13(21)14(7-11)24-17(28)9-25-10-22-18-12(19(25)29)8-23-26(18)15-3-1-2-4-16(15)27(30)31/h1-8,10H,9H2,(H,24,28). The lowest BCUT2D eigenvalue weighted by Crippen LogP contribution is -2.28. The lowest BCUT2D eigenvalue weighted by atomic mass is 10.2. The van der Waals surface area contributed by atoms with Crippen molar-refractivity contribution in [1.82, 2.24) is 19.3 Å². The van der Waals surface area contributed by atoms with Gasteiger partial charge in [-0.15, -0.1) is 0 Å². The van der Waals surface area contributed by atoms with Gasteiger partial charge in [-0.05, 0) is 18.2 Å². The Kier molecular flexibility index (Phi) is 4.95. The van der Waals surface area contributed by atoms with Gasteiger partial charge in [0.1, 0.15) is 35.6 Å². The van der Waals surface area contributed by atoms with Gasteiger partial charge in [0, 0.05) is 12.1 Å². The third kappa shape index (κ3) is 3.73. The van der Waals surface area contributed by atoms with E-state index in [1.807, 2.05) is 0 Å². The van der Waals surface area contributed by atoms with Crippen LogP contribution in [0.2, 0.25) is 0 Å². The van der Waals surface area contributed by atoms with Crippen LogP contribution < -0.4 is 10.9 Å². The van der Waals surface area contributed by atoms with Crippen molar-refractivity contribution in [3.05, 3.63) is 87.1 Å². The van der Waals surface area contributed by atoms with E-state index in [0.717, 1.165) is 33.8 Å². The molecule has 0 atom stereocenters. The summed E-state index contributed by atoms with van der Waals surface area (Å²) in [6, 6.07) is 8.40. The van der Waals surface area contributed by atoms with E-state index in [9.17, 15) is 28.5 Å². The number of nitrogens with zero attached hydrogens (tertiary/aromatic N) is 5. The molecule has 0 bridgehead atoms. The summed E-state index contributed by atoms with van der Waals surface area (Å²) >= 11 is 0. The number of carbonyl (C=O) groups is 1. The van der Waals surface area contributed by atoms with Gasteiger partial charge in [-0.1, -0.05) is 12.1 Å².